The van der Waals surface area contributed by atoms with Crippen molar-refractivity contribution in [2.24, 2.45) is 10.9 Å². The molecule has 2 fully saturated rings. The highest BCUT2D eigenvalue weighted by Crippen LogP contribution is 2.16. The fourth-order valence-corrected chi connectivity index (χ4v) is 4.22. The Balaban J connectivity index is 1.32. The highest BCUT2D eigenvalue weighted by atomic mass is 16.5. The first-order chi connectivity index (χ1) is 14.3. The molecule has 0 aromatic carbocycles. The van der Waals surface area contributed by atoms with Gasteiger partial charge in [-0.05, 0) is 56.8 Å². The maximum absolute atomic E-state index is 5.19. The van der Waals surface area contributed by atoms with E-state index in [2.05, 4.69) is 42.5 Å². The van der Waals surface area contributed by atoms with Crippen molar-refractivity contribution in [3.8, 4) is 0 Å². The maximum atomic E-state index is 5.19. The predicted molar refractivity (Wildman–Crippen MR) is 118 cm³/mol. The fraction of sp³-hybridized carbons (Fsp3) is 0.727. The molecule has 0 radical (unpaired) electrons. The Bertz CT molecular complexity index is 595. The zero-order valence-corrected chi connectivity index (χ0v) is 18.1. The smallest absolute Gasteiger partial charge is 0.191 e. The SMILES string of the molecule is CN=C(NCC1CCN(CCOC)CC1)NC1CCN(Cc2ccccn2)CC1. The number of aliphatic imine (C=N–C) groups is 1. The number of methoxy groups -OCH3 is 1. The third-order valence-corrected chi connectivity index (χ3v) is 6.14. The molecule has 162 valence electrons. The molecule has 0 amide bonds. The molecule has 3 rings (SSSR count). The Labute approximate surface area is 175 Å². The Kier molecular flexibility index (Phi) is 9.18. The number of ether oxygens (including phenoxy) is 1. The predicted octanol–water partition coefficient (Wildman–Crippen LogP) is 1.57. The van der Waals surface area contributed by atoms with E-state index in [-0.39, 0.29) is 0 Å². The molecule has 0 aliphatic carbocycles. The average molecular weight is 403 g/mol. The van der Waals surface area contributed by atoms with Gasteiger partial charge >= 0.3 is 0 Å². The van der Waals surface area contributed by atoms with Crippen molar-refractivity contribution >= 4 is 5.96 Å². The summed E-state index contributed by atoms with van der Waals surface area (Å²) < 4.78 is 5.19. The number of hydrogen-bond acceptors (Lipinski definition) is 5. The molecule has 7 nitrogen and oxygen atoms in total. The minimum absolute atomic E-state index is 0.497. The van der Waals surface area contributed by atoms with Gasteiger partial charge < -0.3 is 20.3 Å². The van der Waals surface area contributed by atoms with Gasteiger partial charge in [-0.3, -0.25) is 14.9 Å². The van der Waals surface area contributed by atoms with E-state index < -0.39 is 0 Å². The number of pyridine rings is 1. The normalized spacial score (nSPS) is 20.7. The van der Waals surface area contributed by atoms with Crippen LogP contribution >= 0.6 is 0 Å². The topological polar surface area (TPSA) is 65.0 Å². The molecule has 0 bridgehead atoms. The van der Waals surface area contributed by atoms with E-state index in [1.807, 2.05) is 19.3 Å². The quantitative estimate of drug-likeness (QED) is 0.508. The zero-order chi connectivity index (χ0) is 20.3. The van der Waals surface area contributed by atoms with Crippen molar-refractivity contribution in [1.29, 1.82) is 0 Å². The van der Waals surface area contributed by atoms with Crippen molar-refractivity contribution in [2.75, 3.05) is 60.0 Å². The van der Waals surface area contributed by atoms with Crippen LogP contribution in [0.4, 0.5) is 0 Å². The van der Waals surface area contributed by atoms with Crippen molar-refractivity contribution in [2.45, 2.75) is 38.3 Å². The molecule has 2 saturated heterocycles. The second-order valence-corrected chi connectivity index (χ2v) is 8.25. The summed E-state index contributed by atoms with van der Waals surface area (Å²) in [5, 5.41) is 7.20. The minimum atomic E-state index is 0.497. The molecule has 1 aromatic rings. The van der Waals surface area contributed by atoms with Gasteiger partial charge in [0.1, 0.15) is 0 Å². The van der Waals surface area contributed by atoms with Crippen LogP contribution in [0.2, 0.25) is 0 Å². The van der Waals surface area contributed by atoms with Crippen LogP contribution in [-0.4, -0.2) is 86.8 Å². The van der Waals surface area contributed by atoms with Crippen molar-refractivity contribution in [1.82, 2.24) is 25.4 Å². The first-order valence-electron chi connectivity index (χ1n) is 11.1. The lowest BCUT2D eigenvalue weighted by Crippen LogP contribution is -2.49. The summed E-state index contributed by atoms with van der Waals surface area (Å²) in [6.07, 6.45) is 6.67. The summed E-state index contributed by atoms with van der Waals surface area (Å²) in [6.45, 7) is 8.41. The molecule has 29 heavy (non-hydrogen) atoms. The third-order valence-electron chi connectivity index (χ3n) is 6.14. The van der Waals surface area contributed by atoms with Crippen LogP contribution < -0.4 is 10.6 Å². The number of likely N-dealkylation sites (tertiary alicyclic amines) is 2. The fourth-order valence-electron chi connectivity index (χ4n) is 4.22. The van der Waals surface area contributed by atoms with Crippen LogP contribution in [0.1, 0.15) is 31.4 Å². The Morgan fingerprint density at radius 3 is 2.55 bits per heavy atom. The second-order valence-electron chi connectivity index (χ2n) is 8.25. The van der Waals surface area contributed by atoms with Crippen LogP contribution in [0.25, 0.3) is 0 Å². The van der Waals surface area contributed by atoms with E-state index in [4.69, 9.17) is 4.74 Å². The minimum Gasteiger partial charge on any atom is -0.383 e. The first-order valence-corrected chi connectivity index (χ1v) is 11.1. The van der Waals surface area contributed by atoms with E-state index in [1.165, 1.54) is 25.9 Å². The van der Waals surface area contributed by atoms with Gasteiger partial charge in [-0.15, -0.1) is 0 Å². The van der Waals surface area contributed by atoms with Gasteiger partial charge in [-0.1, -0.05) is 6.07 Å². The van der Waals surface area contributed by atoms with Crippen LogP contribution in [0.15, 0.2) is 29.4 Å². The lowest BCUT2D eigenvalue weighted by Gasteiger charge is -2.34. The van der Waals surface area contributed by atoms with E-state index in [0.717, 1.165) is 69.7 Å². The Morgan fingerprint density at radius 2 is 1.90 bits per heavy atom. The van der Waals surface area contributed by atoms with E-state index in [0.29, 0.717) is 6.04 Å². The second kappa shape index (κ2) is 12.1. The summed E-state index contributed by atoms with van der Waals surface area (Å²) in [5.41, 5.74) is 1.16. The van der Waals surface area contributed by atoms with Gasteiger partial charge in [0.25, 0.3) is 0 Å². The van der Waals surface area contributed by atoms with Gasteiger partial charge in [0.05, 0.1) is 12.3 Å². The summed E-state index contributed by atoms with van der Waals surface area (Å²) >= 11 is 0. The molecule has 0 spiro atoms. The third kappa shape index (κ3) is 7.57. The van der Waals surface area contributed by atoms with Crippen LogP contribution in [0, 0.1) is 5.92 Å². The molecule has 0 saturated carbocycles. The molecule has 3 heterocycles. The largest absolute Gasteiger partial charge is 0.383 e. The Hall–Kier alpha value is -1.70. The maximum Gasteiger partial charge on any atom is 0.191 e. The van der Waals surface area contributed by atoms with Gasteiger partial charge in [0, 0.05) is 59.1 Å². The summed E-state index contributed by atoms with van der Waals surface area (Å²) in [6, 6.07) is 6.65. The molecule has 0 atom stereocenters. The lowest BCUT2D eigenvalue weighted by atomic mass is 9.97. The number of nitrogens with one attached hydrogen (secondary N) is 2. The summed E-state index contributed by atoms with van der Waals surface area (Å²) in [4.78, 5) is 13.9. The average Bonchev–Trinajstić information content (AvgIpc) is 2.78. The number of hydrogen-bond donors (Lipinski definition) is 2. The summed E-state index contributed by atoms with van der Waals surface area (Å²) in [7, 11) is 3.65. The Morgan fingerprint density at radius 1 is 1.14 bits per heavy atom. The lowest BCUT2D eigenvalue weighted by molar-refractivity contribution is 0.120. The molecule has 0 unspecified atom stereocenters. The number of nitrogens with zero attached hydrogens (tertiary/aromatic N) is 4. The number of aromatic nitrogens is 1. The van der Waals surface area contributed by atoms with E-state index in [9.17, 15) is 0 Å². The summed E-state index contributed by atoms with van der Waals surface area (Å²) in [5.74, 6) is 1.68. The number of piperidine rings is 2. The van der Waals surface area contributed by atoms with Gasteiger partial charge in [-0.2, -0.15) is 0 Å². The zero-order valence-electron chi connectivity index (χ0n) is 18.1. The molecule has 1 aromatic heterocycles. The molecule has 7 heteroatoms. The number of guanidine groups is 1. The number of rotatable bonds is 8. The molecule has 2 aliphatic rings. The monoisotopic (exact) mass is 402 g/mol. The highest BCUT2D eigenvalue weighted by molar-refractivity contribution is 5.79. The van der Waals surface area contributed by atoms with E-state index >= 15 is 0 Å². The highest BCUT2D eigenvalue weighted by Gasteiger charge is 2.22. The molecule has 2 aliphatic heterocycles. The van der Waals surface area contributed by atoms with Gasteiger partial charge in [-0.25, -0.2) is 0 Å². The van der Waals surface area contributed by atoms with Gasteiger partial charge in [0.2, 0.25) is 0 Å². The van der Waals surface area contributed by atoms with E-state index in [1.54, 1.807) is 7.11 Å². The first kappa shape index (κ1) is 22.0. The van der Waals surface area contributed by atoms with Crippen molar-refractivity contribution in [3.05, 3.63) is 30.1 Å². The van der Waals surface area contributed by atoms with Crippen LogP contribution in [0.3, 0.4) is 0 Å². The van der Waals surface area contributed by atoms with Crippen LogP contribution in [0.5, 0.6) is 0 Å². The standard InChI is InChI=1S/C22H38N6O/c1-23-22(25-17-19-6-11-27(12-7-19)15-16-29-2)26-20-8-13-28(14-9-20)18-21-5-3-4-10-24-21/h3-5,10,19-20H,6-9,11-18H2,1-2H3,(H2,23,25,26). The van der Waals surface area contributed by atoms with Crippen LogP contribution in [-0.2, 0) is 11.3 Å². The molecular formula is C22H38N6O. The molecular weight excluding hydrogens is 364 g/mol. The molecule has 2 N–H and O–H groups in total. The van der Waals surface area contributed by atoms with Crippen molar-refractivity contribution in [3.63, 3.8) is 0 Å². The van der Waals surface area contributed by atoms with Gasteiger partial charge in [0.15, 0.2) is 5.96 Å². The van der Waals surface area contributed by atoms with Crippen molar-refractivity contribution < 1.29 is 4.74 Å².